The minimum atomic E-state index is 0.183. The van der Waals surface area contributed by atoms with Crippen molar-refractivity contribution in [1.82, 2.24) is 10.2 Å². The van der Waals surface area contributed by atoms with Crippen LogP contribution in [-0.4, -0.2) is 30.1 Å². The maximum absolute atomic E-state index is 5.52. The molecule has 0 spiro atoms. The molecule has 2 unspecified atom stereocenters. The van der Waals surface area contributed by atoms with Crippen LogP contribution in [0.3, 0.4) is 0 Å². The fourth-order valence-electron chi connectivity index (χ4n) is 2.61. The molecule has 1 saturated heterocycles. The molecule has 1 aliphatic heterocycles. The summed E-state index contributed by atoms with van der Waals surface area (Å²) in [5, 5.41) is 3.67. The van der Waals surface area contributed by atoms with Gasteiger partial charge >= 0.3 is 0 Å². The summed E-state index contributed by atoms with van der Waals surface area (Å²) in [4.78, 5) is 2.41. The number of hydrogen-bond donors (Lipinski definition) is 1. The molecule has 0 aliphatic carbocycles. The third-order valence-electron chi connectivity index (χ3n) is 3.97. The molecule has 0 saturated carbocycles. The average Bonchev–Trinajstić information content (AvgIpc) is 2.40. The van der Waals surface area contributed by atoms with Crippen molar-refractivity contribution in [3.8, 4) is 12.3 Å². The van der Waals surface area contributed by atoms with Gasteiger partial charge in [0.1, 0.15) is 0 Å². The number of nitrogens with one attached hydrogen (secondary N) is 1. The first kappa shape index (κ1) is 13.1. The zero-order valence-corrected chi connectivity index (χ0v) is 11.3. The van der Waals surface area contributed by atoms with Gasteiger partial charge in [0, 0.05) is 24.7 Å². The van der Waals surface area contributed by atoms with Gasteiger partial charge in [-0.05, 0) is 18.9 Å². The predicted octanol–water partition coefficient (Wildman–Crippen LogP) is 2.43. The first-order chi connectivity index (χ1) is 8.68. The van der Waals surface area contributed by atoms with Crippen LogP contribution in [-0.2, 0) is 0 Å². The Morgan fingerprint density at radius 3 is 2.78 bits per heavy atom. The van der Waals surface area contributed by atoms with E-state index < -0.39 is 0 Å². The van der Waals surface area contributed by atoms with E-state index in [1.54, 1.807) is 0 Å². The summed E-state index contributed by atoms with van der Waals surface area (Å²) in [5.74, 6) is 2.80. The molecule has 0 amide bonds. The second kappa shape index (κ2) is 5.56. The van der Waals surface area contributed by atoms with E-state index >= 15 is 0 Å². The van der Waals surface area contributed by atoms with Crippen LogP contribution in [0.4, 0.5) is 0 Å². The quantitative estimate of drug-likeness (QED) is 0.819. The van der Waals surface area contributed by atoms with Crippen LogP contribution in [0.5, 0.6) is 0 Å². The summed E-state index contributed by atoms with van der Waals surface area (Å²) in [6.07, 6.45) is 6.64. The third-order valence-corrected chi connectivity index (χ3v) is 3.97. The van der Waals surface area contributed by atoms with Gasteiger partial charge < -0.3 is 5.32 Å². The van der Waals surface area contributed by atoms with Crippen molar-refractivity contribution in [2.45, 2.75) is 31.8 Å². The van der Waals surface area contributed by atoms with Crippen LogP contribution >= 0.6 is 0 Å². The summed E-state index contributed by atoms with van der Waals surface area (Å²) in [6.45, 7) is 7.20. The molecule has 0 bridgehead atoms. The van der Waals surface area contributed by atoms with E-state index in [4.69, 9.17) is 6.42 Å². The fourth-order valence-corrected chi connectivity index (χ4v) is 2.61. The Morgan fingerprint density at radius 2 is 2.17 bits per heavy atom. The molecule has 1 N–H and O–H groups in total. The van der Waals surface area contributed by atoms with E-state index in [1.165, 1.54) is 5.56 Å². The Balaban J connectivity index is 2.19. The van der Waals surface area contributed by atoms with Crippen LogP contribution in [0, 0.1) is 12.3 Å². The Morgan fingerprint density at radius 1 is 1.44 bits per heavy atom. The van der Waals surface area contributed by atoms with Crippen molar-refractivity contribution in [3.05, 3.63) is 35.9 Å². The highest BCUT2D eigenvalue weighted by Crippen LogP contribution is 2.27. The van der Waals surface area contributed by atoms with E-state index in [9.17, 15) is 0 Å². The lowest BCUT2D eigenvalue weighted by molar-refractivity contribution is 0.0975. The highest BCUT2D eigenvalue weighted by Gasteiger charge is 2.34. The van der Waals surface area contributed by atoms with E-state index in [2.05, 4.69) is 60.3 Å². The maximum Gasteiger partial charge on any atom is 0.0605 e. The van der Waals surface area contributed by atoms with Crippen molar-refractivity contribution in [2.75, 3.05) is 19.6 Å². The molecule has 2 heteroatoms. The lowest BCUT2D eigenvalue weighted by Gasteiger charge is -2.45. The molecule has 96 valence electrons. The first-order valence-corrected chi connectivity index (χ1v) is 6.66. The van der Waals surface area contributed by atoms with Crippen LogP contribution < -0.4 is 5.32 Å². The zero-order valence-electron chi connectivity index (χ0n) is 11.3. The van der Waals surface area contributed by atoms with E-state index in [1.807, 2.05) is 0 Å². The van der Waals surface area contributed by atoms with E-state index in [0.29, 0.717) is 6.04 Å². The molecule has 2 atom stereocenters. The van der Waals surface area contributed by atoms with Crippen molar-refractivity contribution in [1.29, 1.82) is 0 Å². The van der Waals surface area contributed by atoms with Gasteiger partial charge in [-0.1, -0.05) is 43.2 Å². The minimum absolute atomic E-state index is 0.183. The number of terminal acetylenes is 1. The Bertz CT molecular complexity index is 420. The molecule has 0 aromatic heterocycles. The second-order valence-electron chi connectivity index (χ2n) is 5.33. The molecule has 1 aliphatic rings. The highest BCUT2D eigenvalue weighted by atomic mass is 15.2. The standard InChI is InChI=1S/C16H22N2/c1-4-11-18-13-16(3,5-2)17-12-15(18)14-9-7-6-8-10-14/h1,6-10,15,17H,5,11-13H2,2-3H3. The molecule has 1 heterocycles. The molecule has 18 heavy (non-hydrogen) atoms. The van der Waals surface area contributed by atoms with Crippen LogP contribution in [0.25, 0.3) is 0 Å². The SMILES string of the molecule is C#CCN1CC(C)(CC)NCC1c1ccccc1. The largest absolute Gasteiger partial charge is 0.308 e. The normalized spacial score (nSPS) is 28.8. The fraction of sp³-hybridized carbons (Fsp3) is 0.500. The number of benzene rings is 1. The first-order valence-electron chi connectivity index (χ1n) is 6.66. The number of nitrogens with zero attached hydrogens (tertiary/aromatic N) is 1. The summed E-state index contributed by atoms with van der Waals surface area (Å²) in [6, 6.07) is 11.0. The molecule has 2 nitrogen and oxygen atoms in total. The van der Waals surface area contributed by atoms with Crippen molar-refractivity contribution in [2.24, 2.45) is 0 Å². The van der Waals surface area contributed by atoms with Crippen molar-refractivity contribution >= 4 is 0 Å². The summed E-state index contributed by atoms with van der Waals surface area (Å²) < 4.78 is 0. The predicted molar refractivity (Wildman–Crippen MR) is 76.3 cm³/mol. The van der Waals surface area contributed by atoms with Crippen LogP contribution in [0.1, 0.15) is 31.9 Å². The van der Waals surface area contributed by atoms with Crippen molar-refractivity contribution in [3.63, 3.8) is 0 Å². The number of piperazine rings is 1. The van der Waals surface area contributed by atoms with E-state index in [0.717, 1.165) is 26.1 Å². The molecule has 2 rings (SSSR count). The average molecular weight is 242 g/mol. The van der Waals surface area contributed by atoms with Gasteiger partial charge in [0.15, 0.2) is 0 Å². The van der Waals surface area contributed by atoms with Crippen LogP contribution in [0.15, 0.2) is 30.3 Å². The zero-order chi connectivity index (χ0) is 13.0. The minimum Gasteiger partial charge on any atom is -0.308 e. The molecule has 1 fully saturated rings. The molecular weight excluding hydrogens is 220 g/mol. The van der Waals surface area contributed by atoms with E-state index in [-0.39, 0.29) is 5.54 Å². The molecule has 1 aromatic carbocycles. The van der Waals surface area contributed by atoms with Gasteiger partial charge in [-0.3, -0.25) is 4.90 Å². The summed E-state index contributed by atoms with van der Waals surface area (Å²) >= 11 is 0. The Hall–Kier alpha value is -1.30. The maximum atomic E-state index is 5.52. The molecular formula is C16H22N2. The van der Waals surface area contributed by atoms with Gasteiger partial charge in [0.25, 0.3) is 0 Å². The lowest BCUT2D eigenvalue weighted by atomic mass is 9.91. The van der Waals surface area contributed by atoms with Gasteiger partial charge in [-0.15, -0.1) is 6.42 Å². The van der Waals surface area contributed by atoms with Gasteiger partial charge in [-0.25, -0.2) is 0 Å². The Labute approximate surface area is 110 Å². The highest BCUT2D eigenvalue weighted by molar-refractivity contribution is 5.21. The van der Waals surface area contributed by atoms with Gasteiger partial charge in [0.05, 0.1) is 6.54 Å². The summed E-state index contributed by atoms with van der Waals surface area (Å²) in [7, 11) is 0. The second-order valence-corrected chi connectivity index (χ2v) is 5.33. The topological polar surface area (TPSA) is 15.3 Å². The monoisotopic (exact) mass is 242 g/mol. The summed E-state index contributed by atoms with van der Waals surface area (Å²) in [5.41, 5.74) is 1.53. The Kier molecular flexibility index (Phi) is 4.06. The number of rotatable bonds is 3. The van der Waals surface area contributed by atoms with Gasteiger partial charge in [0.2, 0.25) is 0 Å². The van der Waals surface area contributed by atoms with Crippen molar-refractivity contribution < 1.29 is 0 Å². The number of hydrogen-bond acceptors (Lipinski definition) is 2. The van der Waals surface area contributed by atoms with Gasteiger partial charge in [-0.2, -0.15) is 0 Å². The molecule has 1 aromatic rings. The third kappa shape index (κ3) is 2.75. The van der Waals surface area contributed by atoms with Crippen LogP contribution in [0.2, 0.25) is 0 Å². The smallest absolute Gasteiger partial charge is 0.0605 e. The lowest BCUT2D eigenvalue weighted by Crippen LogP contribution is -2.59. The molecule has 0 radical (unpaired) electrons.